The summed E-state index contributed by atoms with van der Waals surface area (Å²) in [6, 6.07) is 15.0. The Morgan fingerprint density at radius 1 is 1.06 bits per heavy atom. The van der Waals surface area contributed by atoms with Crippen LogP contribution in [0.2, 0.25) is 0 Å². The van der Waals surface area contributed by atoms with Gasteiger partial charge in [-0.15, -0.1) is 0 Å². The van der Waals surface area contributed by atoms with Crippen LogP contribution < -0.4 is 9.64 Å². The molecule has 1 saturated carbocycles. The zero-order valence-corrected chi connectivity index (χ0v) is 30.5. The standard InChI is InChI=1S/C41H54FN3O5/c1-28-35(38(39(46)47)50-40(2,3)4)37(45-22-20-41(21-23-45)18-6-19-41)36(34(43-28)27-44(5)32-16-24-48-25-17-32)30-9-13-33(14-10-30)49-26-15-29-7-11-31(42)12-8-29/h7-14,32,38H,6,15-27H2,1-5H3,(H,46,47). The fraction of sp³-hybridized carbons (Fsp3) is 0.561. The van der Waals surface area contributed by atoms with Crippen LogP contribution in [0.5, 0.6) is 5.75 Å². The van der Waals surface area contributed by atoms with Gasteiger partial charge in [-0.3, -0.25) is 9.88 Å². The lowest BCUT2D eigenvalue weighted by molar-refractivity contribution is -0.160. The van der Waals surface area contributed by atoms with Crippen molar-refractivity contribution in [1.29, 1.82) is 0 Å². The molecule has 1 unspecified atom stereocenters. The van der Waals surface area contributed by atoms with Crippen LogP contribution in [0.4, 0.5) is 10.1 Å². The van der Waals surface area contributed by atoms with Gasteiger partial charge in [0.25, 0.3) is 0 Å². The normalized spacial score (nSPS) is 18.7. The molecule has 3 fully saturated rings. The quantitative estimate of drug-likeness (QED) is 0.204. The molecule has 2 aliphatic heterocycles. The Hall–Kier alpha value is -3.53. The minimum absolute atomic E-state index is 0.247. The minimum atomic E-state index is -1.17. The first kappa shape index (κ1) is 36.3. The molecule has 270 valence electrons. The van der Waals surface area contributed by atoms with Crippen molar-refractivity contribution in [2.75, 3.05) is 44.9 Å². The fourth-order valence-electron chi connectivity index (χ4n) is 7.94. The van der Waals surface area contributed by atoms with Crippen LogP contribution in [0, 0.1) is 18.2 Å². The summed E-state index contributed by atoms with van der Waals surface area (Å²) in [6.07, 6.45) is 7.49. The molecule has 6 rings (SSSR count). The van der Waals surface area contributed by atoms with E-state index in [-0.39, 0.29) is 5.82 Å². The van der Waals surface area contributed by atoms with Gasteiger partial charge in [-0.2, -0.15) is 0 Å². The van der Waals surface area contributed by atoms with Gasteiger partial charge >= 0.3 is 5.97 Å². The first-order valence-electron chi connectivity index (χ1n) is 18.4. The number of aromatic nitrogens is 1. The highest BCUT2D eigenvalue weighted by atomic mass is 19.1. The molecule has 2 aromatic carbocycles. The number of carboxylic acid groups (broad SMARTS) is 1. The summed E-state index contributed by atoms with van der Waals surface area (Å²) in [6.45, 7) is 12.0. The number of carbonyl (C=O) groups is 1. The number of aliphatic carboxylic acids is 1. The molecule has 1 aromatic heterocycles. The van der Waals surface area contributed by atoms with Crippen molar-refractivity contribution < 1.29 is 28.5 Å². The number of rotatable bonds is 12. The maximum Gasteiger partial charge on any atom is 0.337 e. The van der Waals surface area contributed by atoms with Gasteiger partial charge in [0, 0.05) is 62.1 Å². The van der Waals surface area contributed by atoms with Crippen molar-refractivity contribution in [2.24, 2.45) is 5.41 Å². The summed E-state index contributed by atoms with van der Waals surface area (Å²) < 4.78 is 31.5. The summed E-state index contributed by atoms with van der Waals surface area (Å²) in [7, 11) is 2.16. The summed E-state index contributed by atoms with van der Waals surface area (Å²) in [5, 5.41) is 10.7. The van der Waals surface area contributed by atoms with E-state index in [0.717, 1.165) is 85.8 Å². The molecule has 1 spiro atoms. The van der Waals surface area contributed by atoms with Crippen molar-refractivity contribution in [3.8, 4) is 16.9 Å². The number of halogens is 1. The van der Waals surface area contributed by atoms with E-state index >= 15 is 0 Å². The van der Waals surface area contributed by atoms with Gasteiger partial charge in [0.1, 0.15) is 11.6 Å². The van der Waals surface area contributed by atoms with Crippen LogP contribution in [0.15, 0.2) is 48.5 Å². The predicted octanol–water partition coefficient (Wildman–Crippen LogP) is 8.14. The molecular formula is C41H54FN3O5. The third-order valence-electron chi connectivity index (χ3n) is 10.9. The maximum atomic E-state index is 13.4. The number of anilines is 1. The van der Waals surface area contributed by atoms with Gasteiger partial charge in [0.15, 0.2) is 6.10 Å². The van der Waals surface area contributed by atoms with Gasteiger partial charge in [-0.1, -0.05) is 30.7 Å². The predicted molar refractivity (Wildman–Crippen MR) is 194 cm³/mol. The van der Waals surface area contributed by atoms with E-state index in [4.69, 9.17) is 19.2 Å². The van der Waals surface area contributed by atoms with Crippen molar-refractivity contribution >= 4 is 11.7 Å². The maximum absolute atomic E-state index is 13.4. The average Bonchev–Trinajstić information content (AvgIpc) is 3.08. The molecule has 1 atom stereocenters. The molecule has 1 aliphatic carbocycles. The number of carboxylic acids is 1. The number of benzene rings is 2. The van der Waals surface area contributed by atoms with Crippen molar-refractivity contribution in [1.82, 2.24) is 9.88 Å². The van der Waals surface area contributed by atoms with Crippen LogP contribution >= 0.6 is 0 Å². The van der Waals surface area contributed by atoms with E-state index in [0.29, 0.717) is 42.3 Å². The Bertz CT molecular complexity index is 1600. The number of nitrogens with zero attached hydrogens (tertiary/aromatic N) is 3. The molecule has 2 saturated heterocycles. The number of aryl methyl sites for hydroxylation is 1. The van der Waals surface area contributed by atoms with Gasteiger partial charge in [0.2, 0.25) is 0 Å². The highest BCUT2D eigenvalue weighted by Crippen LogP contribution is 2.51. The molecule has 3 aromatic rings. The lowest BCUT2D eigenvalue weighted by atomic mass is 9.63. The molecule has 0 amide bonds. The van der Waals surface area contributed by atoms with Crippen LogP contribution in [-0.4, -0.2) is 72.6 Å². The molecular weight excluding hydrogens is 633 g/mol. The largest absolute Gasteiger partial charge is 0.493 e. The summed E-state index contributed by atoms with van der Waals surface area (Å²) in [5.74, 6) is -0.520. The van der Waals surface area contributed by atoms with E-state index < -0.39 is 17.7 Å². The second-order valence-corrected chi connectivity index (χ2v) is 15.6. The van der Waals surface area contributed by atoms with E-state index in [1.165, 1.54) is 31.4 Å². The number of ether oxygens (including phenoxy) is 3. The molecule has 0 radical (unpaired) electrons. The van der Waals surface area contributed by atoms with Gasteiger partial charge in [-0.25, -0.2) is 9.18 Å². The van der Waals surface area contributed by atoms with Gasteiger partial charge in [-0.05, 0) is 114 Å². The van der Waals surface area contributed by atoms with Crippen molar-refractivity contribution in [3.63, 3.8) is 0 Å². The Labute approximate surface area is 296 Å². The number of hydrogen-bond acceptors (Lipinski definition) is 7. The van der Waals surface area contributed by atoms with Crippen LogP contribution in [0.1, 0.15) is 94.3 Å². The molecule has 0 bridgehead atoms. The highest BCUT2D eigenvalue weighted by molar-refractivity contribution is 5.88. The molecule has 3 aliphatic rings. The molecule has 9 heteroatoms. The van der Waals surface area contributed by atoms with Crippen LogP contribution in [0.3, 0.4) is 0 Å². The third kappa shape index (κ3) is 8.49. The zero-order chi connectivity index (χ0) is 35.5. The number of pyridine rings is 1. The summed E-state index contributed by atoms with van der Waals surface area (Å²) >= 11 is 0. The van der Waals surface area contributed by atoms with Gasteiger partial charge in [0.05, 0.1) is 23.6 Å². The summed E-state index contributed by atoms with van der Waals surface area (Å²) in [4.78, 5) is 23.1. The molecule has 1 N–H and O–H groups in total. The van der Waals surface area contributed by atoms with E-state index in [1.807, 2.05) is 39.8 Å². The lowest BCUT2D eigenvalue weighted by Crippen LogP contribution is -2.44. The second-order valence-electron chi connectivity index (χ2n) is 15.6. The second kappa shape index (κ2) is 15.4. The number of hydrogen-bond donors (Lipinski definition) is 1. The average molecular weight is 688 g/mol. The zero-order valence-electron chi connectivity index (χ0n) is 30.5. The number of piperidine rings is 1. The Kier molecular flexibility index (Phi) is 11.2. The smallest absolute Gasteiger partial charge is 0.337 e. The van der Waals surface area contributed by atoms with E-state index in [1.54, 1.807) is 12.1 Å². The van der Waals surface area contributed by atoms with E-state index in [2.05, 4.69) is 29.0 Å². The van der Waals surface area contributed by atoms with E-state index in [9.17, 15) is 14.3 Å². The molecule has 3 heterocycles. The lowest BCUT2D eigenvalue weighted by Gasteiger charge is -2.49. The molecule has 8 nitrogen and oxygen atoms in total. The minimum Gasteiger partial charge on any atom is -0.493 e. The molecule has 50 heavy (non-hydrogen) atoms. The Morgan fingerprint density at radius 3 is 2.30 bits per heavy atom. The Balaban J connectivity index is 1.41. The topological polar surface area (TPSA) is 84.4 Å². The monoisotopic (exact) mass is 687 g/mol. The fourth-order valence-corrected chi connectivity index (χ4v) is 7.94. The third-order valence-corrected chi connectivity index (χ3v) is 10.9. The van der Waals surface area contributed by atoms with Crippen molar-refractivity contribution in [3.05, 3.63) is 76.9 Å². The first-order valence-corrected chi connectivity index (χ1v) is 18.4. The van der Waals surface area contributed by atoms with Crippen LogP contribution in [-0.2, 0) is 27.2 Å². The first-order chi connectivity index (χ1) is 23.9. The SMILES string of the molecule is Cc1nc(CN(C)C2CCOCC2)c(-c2ccc(OCCc3ccc(F)cc3)cc2)c(N2CCC3(CCC3)CC2)c1C(OC(C)(C)C)C(=O)O. The van der Waals surface area contributed by atoms with Crippen LogP contribution in [0.25, 0.3) is 11.1 Å². The summed E-state index contributed by atoms with van der Waals surface area (Å²) in [5.41, 5.74) is 5.90. The highest BCUT2D eigenvalue weighted by Gasteiger charge is 2.42. The van der Waals surface area contributed by atoms with Gasteiger partial charge < -0.3 is 24.2 Å². The Morgan fingerprint density at radius 2 is 1.72 bits per heavy atom. The van der Waals surface area contributed by atoms with Crippen molar-refractivity contribution in [2.45, 2.75) is 103 Å².